The summed E-state index contributed by atoms with van der Waals surface area (Å²) >= 11 is 0.102. The van der Waals surface area contributed by atoms with Crippen molar-refractivity contribution >= 4 is 24.1 Å². The van der Waals surface area contributed by atoms with Crippen LogP contribution in [0.3, 0.4) is 0 Å². The van der Waals surface area contributed by atoms with E-state index in [-0.39, 0.29) is 14.5 Å². The molecular formula is C27H29NSe. The molecule has 29 heavy (non-hydrogen) atoms. The Morgan fingerprint density at radius 3 is 2.07 bits per heavy atom. The molecule has 0 saturated heterocycles. The van der Waals surface area contributed by atoms with E-state index in [1.165, 1.54) is 25.2 Å². The summed E-state index contributed by atoms with van der Waals surface area (Å²) in [6.07, 6.45) is 2.02. The molecule has 0 bridgehead atoms. The van der Waals surface area contributed by atoms with E-state index in [1.54, 1.807) is 0 Å². The second-order valence-electron chi connectivity index (χ2n) is 8.32. The van der Waals surface area contributed by atoms with Gasteiger partial charge in [-0.2, -0.15) is 0 Å². The van der Waals surface area contributed by atoms with Gasteiger partial charge in [0, 0.05) is 0 Å². The second kappa shape index (κ2) is 7.94. The van der Waals surface area contributed by atoms with E-state index in [2.05, 4.69) is 56.3 Å². The van der Waals surface area contributed by atoms with E-state index in [4.69, 9.17) is 7.73 Å². The van der Waals surface area contributed by atoms with Gasteiger partial charge in [0.1, 0.15) is 0 Å². The molecule has 2 heteroatoms. The Balaban J connectivity index is 1.92. The van der Waals surface area contributed by atoms with Crippen LogP contribution >= 0.6 is 0 Å². The maximum absolute atomic E-state index is 8.73. The molecule has 0 saturated carbocycles. The van der Waals surface area contributed by atoms with Crippen molar-refractivity contribution in [2.75, 3.05) is 0 Å². The average molecular weight is 449 g/mol. The second-order valence-corrected chi connectivity index (χ2v) is 10.6. The third kappa shape index (κ3) is 3.97. The van der Waals surface area contributed by atoms with Gasteiger partial charge in [-0.25, -0.2) is 0 Å². The molecular weight excluding hydrogens is 417 g/mol. The van der Waals surface area contributed by atoms with Gasteiger partial charge >= 0.3 is 183 Å². The molecule has 0 unspecified atom stereocenters. The zero-order chi connectivity index (χ0) is 22.6. The summed E-state index contributed by atoms with van der Waals surface area (Å²) in [6, 6.07) is 17.1. The van der Waals surface area contributed by atoms with Crippen LogP contribution in [0.5, 0.6) is 0 Å². The van der Waals surface area contributed by atoms with Gasteiger partial charge in [-0.1, -0.05) is 0 Å². The molecule has 4 rings (SSSR count). The number of benzene rings is 2. The van der Waals surface area contributed by atoms with E-state index in [0.717, 1.165) is 27.9 Å². The molecule has 0 fully saturated rings. The zero-order valence-electron chi connectivity index (χ0n) is 20.1. The summed E-state index contributed by atoms with van der Waals surface area (Å²) in [7, 11) is 0. The summed E-state index contributed by atoms with van der Waals surface area (Å²) in [5.74, 6) is -1.46. The number of fused-ring (bicyclic) bond motifs is 1. The van der Waals surface area contributed by atoms with Gasteiger partial charge in [0.2, 0.25) is 0 Å². The summed E-state index contributed by atoms with van der Waals surface area (Å²) < 4.78 is 20.0. The molecule has 0 atom stereocenters. The Morgan fingerprint density at radius 2 is 1.48 bits per heavy atom. The van der Waals surface area contributed by atoms with Crippen molar-refractivity contribution in [2.45, 2.75) is 53.3 Å². The zero-order valence-corrected chi connectivity index (χ0v) is 19.8. The van der Waals surface area contributed by atoms with Gasteiger partial charge in [0.15, 0.2) is 0 Å². The molecule has 148 valence electrons. The first-order chi connectivity index (χ1) is 14.4. The van der Waals surface area contributed by atoms with E-state index in [9.17, 15) is 0 Å². The minimum atomic E-state index is -0.731. The predicted molar refractivity (Wildman–Crippen MR) is 127 cm³/mol. The van der Waals surface area contributed by atoms with Crippen molar-refractivity contribution in [3.05, 3.63) is 77.0 Å². The van der Waals surface area contributed by atoms with Crippen LogP contribution in [0.15, 0.2) is 54.7 Å². The number of aromatic nitrogens is 1. The normalized spacial score (nSPS) is 13.4. The summed E-state index contributed by atoms with van der Waals surface area (Å²) in [5, 5.41) is 1.21. The molecule has 0 aliphatic rings. The third-order valence-corrected chi connectivity index (χ3v) is 7.62. The Labute approximate surface area is 183 Å². The molecule has 0 N–H and O–H groups in total. The fourth-order valence-electron chi connectivity index (χ4n) is 4.00. The number of hydrogen-bond donors (Lipinski definition) is 0. The van der Waals surface area contributed by atoms with Gasteiger partial charge in [-0.3, -0.25) is 0 Å². The van der Waals surface area contributed by atoms with Crippen LogP contribution in [-0.4, -0.2) is 19.5 Å². The van der Waals surface area contributed by atoms with Crippen LogP contribution in [0.2, 0.25) is 0 Å². The van der Waals surface area contributed by atoms with Crippen molar-refractivity contribution < 1.29 is 2.74 Å². The summed E-state index contributed by atoms with van der Waals surface area (Å²) in [4.78, 5) is 4.78. The van der Waals surface area contributed by atoms with E-state index >= 15 is 0 Å². The molecule has 0 radical (unpaired) electrons. The first kappa shape index (κ1) is 17.7. The molecule has 0 aliphatic carbocycles. The molecule has 2 aromatic carbocycles. The Morgan fingerprint density at radius 1 is 0.862 bits per heavy atom. The van der Waals surface area contributed by atoms with Crippen LogP contribution in [0.1, 0.15) is 64.5 Å². The van der Waals surface area contributed by atoms with Crippen LogP contribution in [-0.2, 0) is 0 Å². The van der Waals surface area contributed by atoms with Crippen molar-refractivity contribution in [1.29, 1.82) is 0 Å². The first-order valence-corrected chi connectivity index (χ1v) is 11.8. The number of rotatable bonds is 4. The Hall–Kier alpha value is -2.15. The van der Waals surface area contributed by atoms with Crippen LogP contribution in [0.25, 0.3) is 30.9 Å². The van der Waals surface area contributed by atoms with E-state index < -0.39 is 11.8 Å². The average Bonchev–Trinajstić information content (AvgIpc) is 3.08. The van der Waals surface area contributed by atoms with Crippen molar-refractivity contribution in [1.82, 2.24) is 4.98 Å². The van der Waals surface area contributed by atoms with Gasteiger partial charge in [0.05, 0.1) is 0 Å². The standard InChI is InChI=1S/C27H29NSe/c1-16(2)22-8-7-9-23(17(3)4)27(22)25-14-21-13-24(28-15-26(21)29-25)20-11-18(5)10-19(6)12-20/h7-17H,1-6H3/i16D,17D. The topological polar surface area (TPSA) is 12.9 Å². The maximum atomic E-state index is 8.73. The van der Waals surface area contributed by atoms with Crippen molar-refractivity contribution in [3.63, 3.8) is 0 Å². The third-order valence-electron chi connectivity index (χ3n) is 5.31. The van der Waals surface area contributed by atoms with Gasteiger partial charge in [-0.15, -0.1) is 0 Å². The Kier molecular flexibility index (Phi) is 4.84. The molecule has 2 heterocycles. The van der Waals surface area contributed by atoms with Crippen LogP contribution in [0, 0.1) is 13.8 Å². The monoisotopic (exact) mass is 449 g/mol. The van der Waals surface area contributed by atoms with E-state index in [1.807, 2.05) is 40.0 Å². The molecule has 0 aliphatic heterocycles. The van der Waals surface area contributed by atoms with Crippen molar-refractivity contribution in [3.8, 4) is 21.3 Å². The molecule has 4 aromatic rings. The SMILES string of the molecule is [2H]C(C)(C)c1cccc(C([2H])(C)C)c1-c1cc2cc(-c3cc(C)cc(C)c3)ncc2[se]1. The fourth-order valence-corrected chi connectivity index (χ4v) is 6.28. The molecule has 2 aromatic heterocycles. The quantitative estimate of drug-likeness (QED) is 0.295. The molecule has 1 nitrogen and oxygen atoms in total. The molecule has 0 amide bonds. The van der Waals surface area contributed by atoms with Crippen LogP contribution in [0.4, 0.5) is 0 Å². The fraction of sp³-hybridized carbons (Fsp3) is 0.296. The predicted octanol–water partition coefficient (Wildman–Crippen LogP) is 7.49. The summed E-state index contributed by atoms with van der Waals surface area (Å²) in [6.45, 7) is 12.0. The van der Waals surface area contributed by atoms with Crippen molar-refractivity contribution in [2.24, 2.45) is 0 Å². The Bertz CT molecular complexity index is 1220. The van der Waals surface area contributed by atoms with E-state index in [0.29, 0.717) is 0 Å². The molecule has 0 spiro atoms. The van der Waals surface area contributed by atoms with Gasteiger partial charge in [0.25, 0.3) is 0 Å². The number of aryl methyl sites for hydroxylation is 2. The summed E-state index contributed by atoms with van der Waals surface area (Å²) in [5.41, 5.74) is 7.71. The van der Waals surface area contributed by atoms with Crippen LogP contribution < -0.4 is 0 Å². The first-order valence-electron chi connectivity index (χ1n) is 11.1. The number of hydrogen-bond acceptors (Lipinski definition) is 1. The number of nitrogens with zero attached hydrogens (tertiary/aromatic N) is 1. The van der Waals surface area contributed by atoms with Gasteiger partial charge < -0.3 is 0 Å². The number of pyridine rings is 1. The minimum absolute atomic E-state index is 0.102. The van der Waals surface area contributed by atoms with Gasteiger partial charge in [-0.05, 0) is 0 Å².